The van der Waals surface area contributed by atoms with Gasteiger partial charge in [-0.25, -0.2) is 0 Å². The van der Waals surface area contributed by atoms with Gasteiger partial charge in [-0.1, -0.05) is 0 Å². The van der Waals surface area contributed by atoms with E-state index >= 15 is 0 Å². The van der Waals surface area contributed by atoms with Crippen LogP contribution in [-0.2, 0) is 14.3 Å². The van der Waals surface area contributed by atoms with E-state index in [1.807, 2.05) is 0 Å². The largest absolute Gasteiger partial charge is 0.469 e. The molecule has 2 aliphatic heterocycles. The van der Waals surface area contributed by atoms with E-state index in [-0.39, 0.29) is 11.9 Å². The van der Waals surface area contributed by atoms with Gasteiger partial charge in [0.05, 0.1) is 26.2 Å². The van der Waals surface area contributed by atoms with Crippen molar-refractivity contribution in [2.45, 2.75) is 18.9 Å². The van der Waals surface area contributed by atoms with Gasteiger partial charge in [-0.05, 0) is 19.4 Å². The minimum atomic E-state index is -0.0354. The molecule has 4 nitrogen and oxygen atoms in total. The molecular weight excluding hydrogens is 206 g/mol. The SMILES string of the molecule is COC(=O)C1CCCN(C2C3COCC32)C1. The van der Waals surface area contributed by atoms with Crippen LogP contribution in [0.5, 0.6) is 0 Å². The molecule has 0 amide bonds. The Kier molecular flexibility index (Phi) is 2.64. The predicted molar refractivity (Wildman–Crippen MR) is 57.9 cm³/mol. The number of hydrogen-bond acceptors (Lipinski definition) is 4. The van der Waals surface area contributed by atoms with Crippen LogP contribution < -0.4 is 0 Å². The number of likely N-dealkylation sites (tertiary alicyclic amines) is 1. The first-order valence-corrected chi connectivity index (χ1v) is 6.21. The Morgan fingerprint density at radius 3 is 2.81 bits per heavy atom. The molecule has 4 heteroatoms. The third kappa shape index (κ3) is 1.64. The zero-order valence-corrected chi connectivity index (χ0v) is 9.72. The molecule has 0 N–H and O–H groups in total. The average Bonchev–Trinajstić information content (AvgIpc) is 2.82. The fraction of sp³-hybridized carbons (Fsp3) is 0.917. The van der Waals surface area contributed by atoms with Gasteiger partial charge >= 0.3 is 5.97 Å². The molecule has 3 aliphatic rings. The van der Waals surface area contributed by atoms with Crippen LogP contribution >= 0.6 is 0 Å². The van der Waals surface area contributed by atoms with Crippen LogP contribution in [0.3, 0.4) is 0 Å². The Morgan fingerprint density at radius 1 is 1.38 bits per heavy atom. The maximum Gasteiger partial charge on any atom is 0.309 e. The Hall–Kier alpha value is -0.610. The summed E-state index contributed by atoms with van der Waals surface area (Å²) in [5, 5.41) is 0. The highest BCUT2D eigenvalue weighted by atomic mass is 16.5. The molecule has 90 valence electrons. The molecule has 0 spiro atoms. The number of esters is 1. The predicted octanol–water partition coefficient (Wildman–Crippen LogP) is 0.516. The van der Waals surface area contributed by atoms with E-state index in [0.29, 0.717) is 6.04 Å². The van der Waals surface area contributed by atoms with Crippen molar-refractivity contribution >= 4 is 5.97 Å². The number of hydrogen-bond donors (Lipinski definition) is 0. The molecule has 3 fully saturated rings. The smallest absolute Gasteiger partial charge is 0.309 e. The van der Waals surface area contributed by atoms with Crippen LogP contribution in [0, 0.1) is 17.8 Å². The summed E-state index contributed by atoms with van der Waals surface area (Å²) in [6.45, 7) is 3.89. The van der Waals surface area contributed by atoms with Crippen LogP contribution in [0.1, 0.15) is 12.8 Å². The Bertz CT molecular complexity index is 284. The zero-order chi connectivity index (χ0) is 11.1. The van der Waals surface area contributed by atoms with Crippen LogP contribution in [0.15, 0.2) is 0 Å². The normalized spacial score (nSPS) is 42.8. The highest BCUT2D eigenvalue weighted by Gasteiger charge is 2.57. The molecule has 3 rings (SSSR count). The van der Waals surface area contributed by atoms with Gasteiger partial charge in [0.1, 0.15) is 0 Å². The van der Waals surface area contributed by atoms with E-state index in [4.69, 9.17) is 9.47 Å². The fourth-order valence-electron chi connectivity index (χ4n) is 3.39. The summed E-state index contributed by atoms with van der Waals surface area (Å²) in [7, 11) is 1.49. The summed E-state index contributed by atoms with van der Waals surface area (Å²) in [5.41, 5.74) is 0. The summed E-state index contributed by atoms with van der Waals surface area (Å²) in [6.07, 6.45) is 2.11. The molecular formula is C12H19NO3. The lowest BCUT2D eigenvalue weighted by molar-refractivity contribution is -0.147. The summed E-state index contributed by atoms with van der Waals surface area (Å²) in [4.78, 5) is 14.0. The van der Waals surface area contributed by atoms with Crippen molar-refractivity contribution in [1.29, 1.82) is 0 Å². The van der Waals surface area contributed by atoms with E-state index in [1.54, 1.807) is 0 Å². The van der Waals surface area contributed by atoms with E-state index < -0.39 is 0 Å². The molecule has 0 aromatic heterocycles. The van der Waals surface area contributed by atoms with Gasteiger partial charge in [-0.2, -0.15) is 0 Å². The van der Waals surface area contributed by atoms with E-state index in [2.05, 4.69) is 4.90 Å². The topological polar surface area (TPSA) is 38.8 Å². The first-order chi connectivity index (χ1) is 7.81. The van der Waals surface area contributed by atoms with Gasteiger partial charge in [-0.15, -0.1) is 0 Å². The number of piperidine rings is 1. The number of carbonyl (C=O) groups excluding carboxylic acids is 1. The molecule has 16 heavy (non-hydrogen) atoms. The van der Waals surface area contributed by atoms with E-state index in [1.165, 1.54) is 7.11 Å². The van der Waals surface area contributed by atoms with Crippen molar-refractivity contribution in [2.75, 3.05) is 33.4 Å². The highest BCUT2D eigenvalue weighted by molar-refractivity contribution is 5.72. The third-order valence-corrected chi connectivity index (χ3v) is 4.32. The number of ether oxygens (including phenoxy) is 2. The zero-order valence-electron chi connectivity index (χ0n) is 9.72. The van der Waals surface area contributed by atoms with E-state index in [0.717, 1.165) is 51.0 Å². The quantitative estimate of drug-likeness (QED) is 0.642. The molecule has 0 bridgehead atoms. The van der Waals surface area contributed by atoms with Crippen LogP contribution in [-0.4, -0.2) is 50.3 Å². The van der Waals surface area contributed by atoms with Crippen molar-refractivity contribution in [2.24, 2.45) is 17.8 Å². The van der Waals surface area contributed by atoms with Crippen LogP contribution in [0.4, 0.5) is 0 Å². The van der Waals surface area contributed by atoms with Crippen molar-refractivity contribution in [3.05, 3.63) is 0 Å². The minimum Gasteiger partial charge on any atom is -0.469 e. The van der Waals surface area contributed by atoms with Crippen molar-refractivity contribution in [3.63, 3.8) is 0 Å². The van der Waals surface area contributed by atoms with Gasteiger partial charge in [0.25, 0.3) is 0 Å². The van der Waals surface area contributed by atoms with E-state index in [9.17, 15) is 4.79 Å². The van der Waals surface area contributed by atoms with Gasteiger partial charge in [-0.3, -0.25) is 9.69 Å². The second-order valence-corrected chi connectivity index (χ2v) is 5.21. The second-order valence-electron chi connectivity index (χ2n) is 5.21. The molecule has 3 atom stereocenters. The Morgan fingerprint density at radius 2 is 2.12 bits per heavy atom. The summed E-state index contributed by atoms with van der Waals surface area (Å²) >= 11 is 0. The standard InChI is InChI=1S/C12H19NO3/c1-15-12(14)8-3-2-4-13(5-8)11-9-6-16-7-10(9)11/h8-11H,2-7H2,1H3. The number of nitrogens with zero attached hydrogens (tertiary/aromatic N) is 1. The molecule has 1 aliphatic carbocycles. The lowest BCUT2D eigenvalue weighted by Crippen LogP contribution is -2.42. The van der Waals surface area contributed by atoms with Crippen LogP contribution in [0.2, 0.25) is 0 Å². The van der Waals surface area contributed by atoms with Gasteiger partial charge in [0.15, 0.2) is 0 Å². The van der Waals surface area contributed by atoms with Crippen molar-refractivity contribution < 1.29 is 14.3 Å². The summed E-state index contributed by atoms with van der Waals surface area (Å²) in [6, 6.07) is 0.696. The van der Waals surface area contributed by atoms with Gasteiger partial charge < -0.3 is 9.47 Å². The molecule has 2 heterocycles. The molecule has 3 unspecified atom stereocenters. The number of methoxy groups -OCH3 is 1. The molecule has 0 aromatic carbocycles. The maximum atomic E-state index is 11.5. The average molecular weight is 225 g/mol. The first-order valence-electron chi connectivity index (χ1n) is 6.21. The number of fused-ring (bicyclic) bond motifs is 1. The molecule has 1 saturated carbocycles. The molecule has 0 radical (unpaired) electrons. The lowest BCUT2D eigenvalue weighted by Gasteiger charge is -2.32. The number of rotatable bonds is 2. The van der Waals surface area contributed by atoms with Gasteiger partial charge in [0, 0.05) is 24.4 Å². The van der Waals surface area contributed by atoms with Crippen molar-refractivity contribution in [3.8, 4) is 0 Å². The monoisotopic (exact) mass is 225 g/mol. The third-order valence-electron chi connectivity index (χ3n) is 4.32. The fourth-order valence-corrected chi connectivity index (χ4v) is 3.39. The maximum absolute atomic E-state index is 11.5. The minimum absolute atomic E-state index is 0.0354. The van der Waals surface area contributed by atoms with Crippen LogP contribution in [0.25, 0.3) is 0 Å². The summed E-state index contributed by atoms with van der Waals surface area (Å²) in [5.74, 6) is 1.56. The first kappa shape index (κ1) is 10.5. The number of carbonyl (C=O) groups is 1. The second kappa shape index (κ2) is 4.00. The lowest BCUT2D eigenvalue weighted by atomic mass is 9.98. The Labute approximate surface area is 95.9 Å². The highest BCUT2D eigenvalue weighted by Crippen LogP contribution is 2.48. The van der Waals surface area contributed by atoms with Crippen molar-refractivity contribution in [1.82, 2.24) is 4.90 Å². The van der Waals surface area contributed by atoms with Gasteiger partial charge in [0.2, 0.25) is 0 Å². The Balaban J connectivity index is 1.58. The molecule has 0 aromatic rings. The molecule has 2 saturated heterocycles. The summed E-state index contributed by atoms with van der Waals surface area (Å²) < 4.78 is 10.2.